The number of phosphoric ester groups is 1. The third kappa shape index (κ3) is 60.1. The minimum Gasteiger partial charge on any atom is -0.456 e. The maximum Gasteiger partial charge on any atom is 0.472 e. The highest BCUT2D eigenvalue weighted by Gasteiger charge is 2.30. The van der Waals surface area contributed by atoms with Gasteiger partial charge in [-0.1, -0.05) is 267 Å². The summed E-state index contributed by atoms with van der Waals surface area (Å²) in [6, 6.07) is -0.855. The zero-order valence-corrected chi connectivity index (χ0v) is 54.2. The Bertz CT molecular complexity index is 1600. The van der Waals surface area contributed by atoms with E-state index in [2.05, 4.69) is 86.8 Å². The molecular weight excluding hydrogens is 1010 g/mol. The van der Waals surface area contributed by atoms with Gasteiger partial charge in [0.1, 0.15) is 19.3 Å². The van der Waals surface area contributed by atoms with Gasteiger partial charge in [0, 0.05) is 12.8 Å². The molecule has 466 valence electrons. The number of amides is 1. The van der Waals surface area contributed by atoms with E-state index in [1.54, 1.807) is 0 Å². The molecule has 0 saturated carbocycles. The van der Waals surface area contributed by atoms with E-state index in [0.29, 0.717) is 17.4 Å². The third-order valence-electron chi connectivity index (χ3n) is 14.9. The first-order valence-electron chi connectivity index (χ1n) is 33.8. The predicted molar refractivity (Wildman–Crippen MR) is 346 cm³/mol. The van der Waals surface area contributed by atoms with Crippen molar-refractivity contribution in [2.75, 3.05) is 40.9 Å². The van der Waals surface area contributed by atoms with Crippen molar-refractivity contribution in [3.05, 3.63) is 72.9 Å². The van der Waals surface area contributed by atoms with Crippen molar-refractivity contribution >= 4 is 19.7 Å². The van der Waals surface area contributed by atoms with Crippen LogP contribution in [-0.2, 0) is 27.9 Å². The minimum absolute atomic E-state index is 0.0371. The van der Waals surface area contributed by atoms with Gasteiger partial charge in [-0.2, -0.15) is 0 Å². The van der Waals surface area contributed by atoms with Crippen LogP contribution in [-0.4, -0.2) is 74.3 Å². The van der Waals surface area contributed by atoms with Gasteiger partial charge in [0.05, 0.1) is 33.8 Å². The zero-order valence-electron chi connectivity index (χ0n) is 53.3. The molecule has 10 heteroatoms. The summed E-state index contributed by atoms with van der Waals surface area (Å²) in [6.07, 6.45) is 77.5. The number of hydrogen-bond acceptors (Lipinski definition) is 6. The van der Waals surface area contributed by atoms with Crippen LogP contribution in [0, 0.1) is 0 Å². The first-order chi connectivity index (χ1) is 38.9. The lowest BCUT2D eigenvalue weighted by Crippen LogP contribution is -2.47. The van der Waals surface area contributed by atoms with Gasteiger partial charge in [-0.3, -0.25) is 18.6 Å². The molecule has 0 aromatic heterocycles. The summed E-state index contributed by atoms with van der Waals surface area (Å²) >= 11 is 0. The van der Waals surface area contributed by atoms with Crippen LogP contribution >= 0.6 is 7.82 Å². The van der Waals surface area contributed by atoms with Gasteiger partial charge in [-0.25, -0.2) is 4.57 Å². The summed E-state index contributed by atoms with van der Waals surface area (Å²) in [5.74, 6) is -0.508. The molecule has 0 aromatic carbocycles. The monoisotopic (exact) mass is 1140 g/mol. The number of allylic oxidation sites excluding steroid dienone is 11. The van der Waals surface area contributed by atoms with Crippen molar-refractivity contribution in [1.82, 2.24) is 5.32 Å². The summed E-state index contributed by atoms with van der Waals surface area (Å²) in [6.45, 7) is 6.98. The molecule has 0 spiro atoms. The lowest BCUT2D eigenvalue weighted by molar-refractivity contribution is -0.870. The summed E-state index contributed by atoms with van der Waals surface area (Å²) in [7, 11) is 1.49. The summed E-state index contributed by atoms with van der Waals surface area (Å²) in [4.78, 5) is 37.8. The van der Waals surface area contributed by atoms with E-state index in [1.807, 2.05) is 33.3 Å². The maximum absolute atomic E-state index is 13.6. The van der Waals surface area contributed by atoms with Gasteiger partial charge < -0.3 is 19.4 Å². The van der Waals surface area contributed by atoms with E-state index in [9.17, 15) is 19.0 Å². The SMILES string of the molecule is CCCCC/C=C\C/C=C\C/C=C\CCCCCCCCCCCCC(=O)NC(COP(=O)(O)OCC[N+](C)(C)C)C(/C=C\CCCCCCCCCCCC)OC(=O)CCCCCCCCCCC/C=C\C/C=C\CCCCC. The summed E-state index contributed by atoms with van der Waals surface area (Å²) in [5.41, 5.74) is 0. The largest absolute Gasteiger partial charge is 0.472 e. The molecule has 0 aliphatic carbocycles. The molecule has 0 fully saturated rings. The number of hydrogen-bond donors (Lipinski definition) is 2. The predicted octanol–water partition coefficient (Wildman–Crippen LogP) is 21.2. The van der Waals surface area contributed by atoms with Crippen molar-refractivity contribution in [1.29, 1.82) is 0 Å². The van der Waals surface area contributed by atoms with Crippen LogP contribution in [0.5, 0.6) is 0 Å². The summed E-state index contributed by atoms with van der Waals surface area (Å²) in [5, 5.41) is 3.06. The number of quaternary nitrogens is 1. The number of nitrogens with zero attached hydrogens (tertiary/aromatic N) is 1. The molecular formula is C70H130N2O7P+. The van der Waals surface area contributed by atoms with E-state index in [4.69, 9.17) is 13.8 Å². The average molecular weight is 1140 g/mol. The van der Waals surface area contributed by atoms with Crippen LogP contribution in [0.25, 0.3) is 0 Å². The quantitative estimate of drug-likeness (QED) is 0.0205. The number of ether oxygens (including phenoxy) is 1. The van der Waals surface area contributed by atoms with Gasteiger partial charge in [-0.05, 0) is 102 Å². The van der Waals surface area contributed by atoms with Crippen molar-refractivity contribution in [3.63, 3.8) is 0 Å². The highest BCUT2D eigenvalue weighted by Crippen LogP contribution is 2.43. The minimum atomic E-state index is -4.46. The maximum atomic E-state index is 13.6. The Morgan fingerprint density at radius 2 is 0.762 bits per heavy atom. The van der Waals surface area contributed by atoms with Crippen LogP contribution < -0.4 is 5.32 Å². The lowest BCUT2D eigenvalue weighted by atomic mass is 10.0. The molecule has 0 heterocycles. The second-order valence-electron chi connectivity index (χ2n) is 24.0. The fraction of sp³-hybridized carbons (Fsp3) is 0.800. The zero-order chi connectivity index (χ0) is 58.6. The molecule has 3 unspecified atom stereocenters. The van der Waals surface area contributed by atoms with Gasteiger partial charge >= 0.3 is 13.8 Å². The van der Waals surface area contributed by atoms with Crippen molar-refractivity contribution < 1.29 is 37.3 Å². The fourth-order valence-electron chi connectivity index (χ4n) is 9.63. The molecule has 0 radical (unpaired) electrons. The van der Waals surface area contributed by atoms with Gasteiger partial charge in [-0.15, -0.1) is 0 Å². The number of likely N-dealkylation sites (N-methyl/N-ethyl adjacent to an activating group) is 1. The van der Waals surface area contributed by atoms with Crippen LogP contribution in [0.2, 0.25) is 0 Å². The standard InChI is InChI=1S/C70H129N2O7P/c1-7-10-13-16-19-22-25-28-30-32-34-35-36-37-39-40-42-44-47-50-53-56-59-62-69(73)71-67(66-78-80(75,76)77-65-64-72(4,5)6)68(61-58-55-52-49-46-27-24-21-18-15-12-9-3)79-70(74)63-60-57-54-51-48-45-43-41-38-33-31-29-26-23-20-17-14-11-8-2/h19-20,22-23,28-31,34-35,58,61,67-68H,7-18,21,24-27,32-33,36-57,59-60,62-66H2,1-6H3,(H-,71,73,75,76)/p+1/b22-19-,23-20-,30-28-,31-29-,35-34-,61-58-. The number of unbranched alkanes of at least 4 members (excludes halogenated alkanes) is 35. The Kier molecular flexibility index (Phi) is 57.7. The topological polar surface area (TPSA) is 111 Å². The first kappa shape index (κ1) is 77.5. The second kappa shape index (κ2) is 59.6. The van der Waals surface area contributed by atoms with Crippen molar-refractivity contribution in [3.8, 4) is 0 Å². The molecule has 80 heavy (non-hydrogen) atoms. The number of nitrogens with one attached hydrogen (secondary N) is 1. The Hall–Kier alpha value is -2.55. The molecule has 0 bridgehead atoms. The highest BCUT2D eigenvalue weighted by molar-refractivity contribution is 7.47. The van der Waals surface area contributed by atoms with Gasteiger partial charge in [0.25, 0.3) is 0 Å². The molecule has 3 atom stereocenters. The van der Waals surface area contributed by atoms with Gasteiger partial charge in [0.15, 0.2) is 0 Å². The fourth-order valence-corrected chi connectivity index (χ4v) is 10.4. The lowest BCUT2D eigenvalue weighted by Gasteiger charge is -2.27. The van der Waals surface area contributed by atoms with E-state index in [-0.39, 0.29) is 31.5 Å². The van der Waals surface area contributed by atoms with E-state index < -0.39 is 20.0 Å². The highest BCUT2D eigenvalue weighted by atomic mass is 31.2. The molecule has 0 saturated heterocycles. The molecule has 0 aromatic rings. The number of rotatable bonds is 61. The molecule has 0 aliphatic rings. The smallest absolute Gasteiger partial charge is 0.456 e. The Balaban J connectivity index is 5.15. The molecule has 0 aliphatic heterocycles. The van der Waals surface area contributed by atoms with E-state index in [0.717, 1.165) is 77.0 Å². The number of carbonyl (C=O) groups excluding carboxylic acids is 2. The van der Waals surface area contributed by atoms with E-state index in [1.165, 1.54) is 199 Å². The number of carbonyl (C=O) groups is 2. The Morgan fingerprint density at radius 1 is 0.438 bits per heavy atom. The van der Waals surface area contributed by atoms with Crippen molar-refractivity contribution in [2.45, 2.75) is 322 Å². The molecule has 9 nitrogen and oxygen atoms in total. The summed E-state index contributed by atoms with van der Waals surface area (Å²) < 4.78 is 30.8. The van der Waals surface area contributed by atoms with Crippen LogP contribution in [0.1, 0.15) is 310 Å². The average Bonchev–Trinajstić information content (AvgIpc) is 3.42. The van der Waals surface area contributed by atoms with Crippen LogP contribution in [0.3, 0.4) is 0 Å². The van der Waals surface area contributed by atoms with Crippen LogP contribution in [0.15, 0.2) is 72.9 Å². The number of esters is 1. The normalized spacial score (nSPS) is 14.0. The Labute approximate surface area is 495 Å². The molecule has 1 amide bonds. The van der Waals surface area contributed by atoms with E-state index >= 15 is 0 Å². The second-order valence-corrected chi connectivity index (χ2v) is 25.4. The molecule has 0 rings (SSSR count). The van der Waals surface area contributed by atoms with Crippen LogP contribution in [0.4, 0.5) is 0 Å². The van der Waals surface area contributed by atoms with Gasteiger partial charge in [0.2, 0.25) is 5.91 Å². The molecule has 2 N–H and O–H groups in total. The number of phosphoric acid groups is 1. The van der Waals surface area contributed by atoms with Crippen molar-refractivity contribution in [2.24, 2.45) is 0 Å². The Morgan fingerprint density at radius 3 is 1.16 bits per heavy atom. The first-order valence-corrected chi connectivity index (χ1v) is 35.3. The third-order valence-corrected chi connectivity index (χ3v) is 15.9.